The van der Waals surface area contributed by atoms with E-state index in [4.69, 9.17) is 0 Å². The van der Waals surface area contributed by atoms with Crippen LogP contribution >= 0.6 is 0 Å². The molecule has 5 nitrogen and oxygen atoms in total. The molecule has 26 heavy (non-hydrogen) atoms. The summed E-state index contributed by atoms with van der Waals surface area (Å²) in [5.74, 6) is -0.214. The average molecular weight is 356 g/mol. The highest BCUT2D eigenvalue weighted by atomic mass is 19.1. The summed E-state index contributed by atoms with van der Waals surface area (Å²) in [4.78, 5) is 2.41. The van der Waals surface area contributed by atoms with E-state index in [9.17, 15) is 9.50 Å². The molecule has 0 spiro atoms. The number of hydrogen-bond acceptors (Lipinski definition) is 4. The van der Waals surface area contributed by atoms with Crippen LogP contribution in [0.5, 0.6) is 0 Å². The van der Waals surface area contributed by atoms with Crippen LogP contribution in [0.3, 0.4) is 0 Å². The summed E-state index contributed by atoms with van der Waals surface area (Å²) in [5, 5.41) is 17.7. The fraction of sp³-hybridized carbons (Fsp3) is 0.400. The van der Waals surface area contributed by atoms with Crippen LogP contribution in [0.15, 0.2) is 48.7 Å². The Kier molecular flexibility index (Phi) is 6.30. The van der Waals surface area contributed by atoms with Crippen LogP contribution in [0.25, 0.3) is 6.08 Å². The zero-order chi connectivity index (χ0) is 18.4. The van der Waals surface area contributed by atoms with Gasteiger partial charge in [-0.3, -0.25) is 4.90 Å². The molecule has 0 radical (unpaired) electrons. The third-order valence-electron chi connectivity index (χ3n) is 4.66. The quantitative estimate of drug-likeness (QED) is 0.806. The van der Waals surface area contributed by atoms with Gasteiger partial charge in [0.25, 0.3) is 0 Å². The number of rotatable bonds is 6. The number of piperidine rings is 1. The minimum Gasteiger partial charge on any atom is -0.387 e. The van der Waals surface area contributed by atoms with Crippen molar-refractivity contribution in [1.29, 1.82) is 0 Å². The van der Waals surface area contributed by atoms with Crippen LogP contribution in [0.2, 0.25) is 0 Å². The van der Waals surface area contributed by atoms with Crippen LogP contribution in [0.4, 0.5) is 4.39 Å². The maximum atomic E-state index is 12.8. The van der Waals surface area contributed by atoms with E-state index in [1.165, 1.54) is 12.1 Å². The molecule has 0 saturated carbocycles. The molecule has 138 valence electrons. The number of aromatic nitrogens is 3. The van der Waals surface area contributed by atoms with E-state index in [1.807, 2.05) is 29.1 Å². The predicted octanol–water partition coefficient (Wildman–Crippen LogP) is 3.38. The van der Waals surface area contributed by atoms with E-state index in [0.29, 0.717) is 11.7 Å². The zero-order valence-electron chi connectivity index (χ0n) is 15.0. The summed E-state index contributed by atoms with van der Waals surface area (Å²) >= 11 is 0. The van der Waals surface area contributed by atoms with E-state index in [-0.39, 0.29) is 5.82 Å². The van der Waals surface area contributed by atoms with Crippen molar-refractivity contribution < 1.29 is 9.50 Å². The zero-order valence-corrected chi connectivity index (χ0v) is 15.0. The van der Waals surface area contributed by atoms with Gasteiger partial charge in [-0.25, -0.2) is 9.07 Å². The predicted molar refractivity (Wildman–Crippen MR) is 99.9 cm³/mol. The lowest BCUT2D eigenvalue weighted by molar-refractivity contribution is 0.191. The molecular formula is C20H25FN4O. The number of hydrogen-bond donors (Lipinski definition) is 1. The third kappa shape index (κ3) is 5.09. The van der Waals surface area contributed by atoms with Crippen molar-refractivity contribution in [2.24, 2.45) is 0 Å². The molecule has 2 heterocycles. The van der Waals surface area contributed by atoms with E-state index in [1.54, 1.807) is 19.1 Å². The van der Waals surface area contributed by atoms with E-state index < -0.39 is 6.10 Å². The minimum absolute atomic E-state index is 0.214. The lowest BCUT2D eigenvalue weighted by Gasteiger charge is -2.30. The smallest absolute Gasteiger partial charge is 0.123 e. The molecule has 1 aromatic carbocycles. The second-order valence-electron chi connectivity index (χ2n) is 6.67. The fourth-order valence-corrected chi connectivity index (χ4v) is 3.06. The number of nitrogens with zero attached hydrogens (tertiary/aromatic N) is 4. The second kappa shape index (κ2) is 8.87. The molecular weight excluding hydrogens is 331 g/mol. The second-order valence-corrected chi connectivity index (χ2v) is 6.67. The molecule has 0 amide bonds. The van der Waals surface area contributed by atoms with Crippen LogP contribution in [0.1, 0.15) is 43.2 Å². The Morgan fingerprint density at radius 3 is 2.62 bits per heavy atom. The van der Waals surface area contributed by atoms with Gasteiger partial charge in [-0.1, -0.05) is 41.7 Å². The first-order valence-electron chi connectivity index (χ1n) is 9.03. The first-order chi connectivity index (χ1) is 12.6. The Hall–Kier alpha value is -2.31. The maximum absolute atomic E-state index is 12.8. The molecule has 1 aliphatic rings. The lowest BCUT2D eigenvalue weighted by Crippen LogP contribution is -2.34. The van der Waals surface area contributed by atoms with Crippen molar-refractivity contribution in [3.63, 3.8) is 0 Å². The Morgan fingerprint density at radius 1 is 1.23 bits per heavy atom. The first kappa shape index (κ1) is 18.5. The lowest BCUT2D eigenvalue weighted by atomic mass is 10.1. The Balaban J connectivity index is 1.41. The Morgan fingerprint density at radius 2 is 1.96 bits per heavy atom. The molecule has 1 saturated heterocycles. The van der Waals surface area contributed by atoms with Crippen molar-refractivity contribution in [1.82, 2.24) is 19.9 Å². The molecule has 1 aliphatic heterocycles. The first-order valence-corrected chi connectivity index (χ1v) is 9.03. The summed E-state index contributed by atoms with van der Waals surface area (Å²) in [6.45, 7) is 4.64. The van der Waals surface area contributed by atoms with Crippen LogP contribution in [-0.4, -0.2) is 44.6 Å². The summed E-state index contributed by atoms with van der Waals surface area (Å²) < 4.78 is 14.7. The largest absolute Gasteiger partial charge is 0.387 e. The molecule has 0 unspecified atom stereocenters. The van der Waals surface area contributed by atoms with Gasteiger partial charge in [-0.05, 0) is 37.5 Å². The van der Waals surface area contributed by atoms with Gasteiger partial charge in [0, 0.05) is 19.6 Å². The fourth-order valence-electron chi connectivity index (χ4n) is 3.06. The van der Waals surface area contributed by atoms with Gasteiger partial charge in [0.15, 0.2) is 0 Å². The van der Waals surface area contributed by atoms with Gasteiger partial charge in [0.2, 0.25) is 0 Å². The molecule has 1 fully saturated rings. The molecule has 1 N–H and O–H groups in total. The van der Waals surface area contributed by atoms with Gasteiger partial charge >= 0.3 is 0 Å². The number of aliphatic hydroxyl groups is 1. The van der Waals surface area contributed by atoms with Crippen LogP contribution in [0, 0.1) is 5.82 Å². The van der Waals surface area contributed by atoms with Gasteiger partial charge in [-0.15, -0.1) is 5.10 Å². The third-order valence-corrected chi connectivity index (χ3v) is 4.66. The average Bonchev–Trinajstić information content (AvgIpc) is 3.14. The van der Waals surface area contributed by atoms with Crippen molar-refractivity contribution in [3.8, 4) is 0 Å². The van der Waals surface area contributed by atoms with E-state index in [0.717, 1.165) is 38.0 Å². The Labute approximate surface area is 153 Å². The summed E-state index contributed by atoms with van der Waals surface area (Å²) in [6, 6.07) is 6.81. The summed E-state index contributed by atoms with van der Waals surface area (Å²) in [5.41, 5.74) is 1.62. The highest BCUT2D eigenvalue weighted by Gasteiger charge is 2.21. The van der Waals surface area contributed by atoms with Crippen molar-refractivity contribution in [3.05, 3.63) is 65.8 Å². The maximum Gasteiger partial charge on any atom is 0.123 e. The van der Waals surface area contributed by atoms with Gasteiger partial charge < -0.3 is 5.11 Å². The SMILES string of the molecule is C[C@H](O)c1cn(C2CCN(C/C=C/C=C/c3ccc(F)cc3)CC2)nn1. The monoisotopic (exact) mass is 356 g/mol. The highest BCUT2D eigenvalue weighted by molar-refractivity contribution is 5.50. The van der Waals surface area contributed by atoms with Crippen LogP contribution < -0.4 is 0 Å². The highest BCUT2D eigenvalue weighted by Crippen LogP contribution is 2.22. The summed E-state index contributed by atoms with van der Waals surface area (Å²) in [6.07, 6.45) is 11.5. The topological polar surface area (TPSA) is 54.2 Å². The molecule has 0 aliphatic carbocycles. The molecule has 1 atom stereocenters. The van der Waals surface area contributed by atoms with Crippen molar-refractivity contribution in [2.45, 2.75) is 31.9 Å². The van der Waals surface area contributed by atoms with E-state index >= 15 is 0 Å². The molecule has 3 rings (SSSR count). The molecule has 6 heteroatoms. The molecule has 2 aromatic rings. The number of halogens is 1. The number of aliphatic hydroxyl groups excluding tert-OH is 1. The minimum atomic E-state index is -0.572. The van der Waals surface area contributed by atoms with Crippen molar-refractivity contribution >= 4 is 6.08 Å². The van der Waals surface area contributed by atoms with Crippen LogP contribution in [-0.2, 0) is 0 Å². The molecule has 1 aromatic heterocycles. The van der Waals surface area contributed by atoms with Crippen molar-refractivity contribution in [2.75, 3.05) is 19.6 Å². The van der Waals surface area contributed by atoms with Gasteiger partial charge in [0.05, 0.1) is 18.3 Å². The number of allylic oxidation sites excluding steroid dienone is 2. The van der Waals surface area contributed by atoms with Gasteiger partial charge in [-0.2, -0.15) is 0 Å². The Bertz CT molecular complexity index is 743. The van der Waals surface area contributed by atoms with Gasteiger partial charge in [0.1, 0.15) is 11.5 Å². The number of benzene rings is 1. The normalized spacial score (nSPS) is 18.1. The van der Waals surface area contributed by atoms with E-state index in [2.05, 4.69) is 21.3 Å². The standard InChI is InChI=1S/C20H25FN4O/c1-16(26)20-15-25(23-22-20)19-10-13-24(14-11-19)12-4-2-3-5-17-6-8-18(21)9-7-17/h2-9,15-16,19,26H,10-14H2,1H3/b4-2+,5-3+/t16-/m0/s1. The molecule has 0 bridgehead atoms. The number of likely N-dealkylation sites (tertiary alicyclic amines) is 1. The summed E-state index contributed by atoms with van der Waals surface area (Å²) in [7, 11) is 0.